The second kappa shape index (κ2) is 8.30. The fourth-order valence-electron chi connectivity index (χ4n) is 4.39. The number of para-hydroxylation sites is 1. The summed E-state index contributed by atoms with van der Waals surface area (Å²) in [4.78, 5) is 39.8. The number of likely N-dealkylation sites (tertiary alicyclic amines) is 1. The Kier molecular flexibility index (Phi) is 5.19. The SMILES string of the molecule is O=C(NC1CCN(C(=O)Nc2ccccc2)CC1)c1ccc2c(c1)C(=O)c1ccccc1-2. The molecule has 1 aliphatic carbocycles. The van der Waals surface area contributed by atoms with Crippen LogP contribution in [0.2, 0.25) is 0 Å². The van der Waals surface area contributed by atoms with Crippen LogP contribution in [0.3, 0.4) is 0 Å². The standard InChI is InChI=1S/C26H23N3O3/c30-24-22-9-5-4-8-20(22)21-11-10-17(16-23(21)24)25(31)27-19-12-14-29(15-13-19)26(32)28-18-6-2-1-3-7-18/h1-11,16,19H,12-15H2,(H,27,31)(H,28,32). The number of hydrogen-bond donors (Lipinski definition) is 2. The van der Waals surface area contributed by atoms with E-state index in [0.717, 1.165) is 16.8 Å². The maximum atomic E-state index is 12.8. The van der Waals surface area contributed by atoms with E-state index in [2.05, 4.69) is 10.6 Å². The average Bonchev–Trinajstić information content (AvgIpc) is 3.12. The van der Waals surface area contributed by atoms with Crippen LogP contribution in [0.5, 0.6) is 0 Å². The number of nitrogens with zero attached hydrogens (tertiary/aromatic N) is 1. The van der Waals surface area contributed by atoms with Gasteiger partial charge in [0.2, 0.25) is 0 Å². The van der Waals surface area contributed by atoms with Crippen LogP contribution >= 0.6 is 0 Å². The zero-order valence-electron chi connectivity index (χ0n) is 17.5. The first-order valence-corrected chi connectivity index (χ1v) is 10.8. The molecule has 2 aliphatic rings. The smallest absolute Gasteiger partial charge is 0.321 e. The topological polar surface area (TPSA) is 78.5 Å². The highest BCUT2D eigenvalue weighted by molar-refractivity contribution is 6.22. The number of anilines is 1. The van der Waals surface area contributed by atoms with Crippen molar-refractivity contribution in [2.45, 2.75) is 18.9 Å². The van der Waals surface area contributed by atoms with E-state index < -0.39 is 0 Å². The molecule has 5 rings (SSSR count). The molecule has 1 saturated heterocycles. The summed E-state index contributed by atoms with van der Waals surface area (Å²) in [7, 11) is 0. The predicted molar refractivity (Wildman–Crippen MR) is 123 cm³/mol. The lowest BCUT2D eigenvalue weighted by molar-refractivity contribution is 0.0919. The minimum absolute atomic E-state index is 0.00979. The van der Waals surface area contributed by atoms with Gasteiger partial charge in [-0.25, -0.2) is 4.79 Å². The van der Waals surface area contributed by atoms with E-state index in [9.17, 15) is 14.4 Å². The van der Waals surface area contributed by atoms with Crippen LogP contribution in [0.1, 0.15) is 39.1 Å². The molecule has 160 valence electrons. The number of urea groups is 1. The second-order valence-electron chi connectivity index (χ2n) is 8.17. The van der Waals surface area contributed by atoms with E-state index in [4.69, 9.17) is 0 Å². The summed E-state index contributed by atoms with van der Waals surface area (Å²) in [6, 6.07) is 22.0. The van der Waals surface area contributed by atoms with Gasteiger partial charge in [-0.2, -0.15) is 0 Å². The third kappa shape index (κ3) is 3.75. The molecule has 1 aliphatic heterocycles. The summed E-state index contributed by atoms with van der Waals surface area (Å²) in [5.74, 6) is -0.230. The van der Waals surface area contributed by atoms with E-state index in [1.807, 2.05) is 60.7 Å². The Labute approximate surface area is 186 Å². The quantitative estimate of drug-likeness (QED) is 0.513. The lowest BCUT2D eigenvalue weighted by Crippen LogP contribution is -2.47. The molecule has 0 spiro atoms. The summed E-state index contributed by atoms with van der Waals surface area (Å²) in [6.07, 6.45) is 1.37. The van der Waals surface area contributed by atoms with Crippen molar-refractivity contribution in [2.75, 3.05) is 18.4 Å². The fourth-order valence-corrected chi connectivity index (χ4v) is 4.39. The van der Waals surface area contributed by atoms with Gasteiger partial charge in [-0.15, -0.1) is 0 Å². The van der Waals surface area contributed by atoms with E-state index in [1.165, 1.54) is 0 Å². The molecule has 6 nitrogen and oxygen atoms in total. The van der Waals surface area contributed by atoms with Crippen molar-refractivity contribution in [2.24, 2.45) is 0 Å². The maximum absolute atomic E-state index is 12.8. The van der Waals surface area contributed by atoms with Crippen LogP contribution in [0, 0.1) is 0 Å². The summed E-state index contributed by atoms with van der Waals surface area (Å²) >= 11 is 0. The first-order valence-electron chi connectivity index (χ1n) is 10.8. The molecule has 1 heterocycles. The number of rotatable bonds is 3. The Morgan fingerprint density at radius 2 is 1.44 bits per heavy atom. The molecule has 3 aromatic rings. The summed E-state index contributed by atoms with van der Waals surface area (Å²) in [5, 5.41) is 5.96. The zero-order chi connectivity index (χ0) is 22.1. The van der Waals surface area contributed by atoms with Gasteiger partial charge < -0.3 is 15.5 Å². The highest BCUT2D eigenvalue weighted by atomic mass is 16.2. The van der Waals surface area contributed by atoms with E-state index in [-0.39, 0.29) is 23.8 Å². The van der Waals surface area contributed by atoms with Gasteiger partial charge in [0.25, 0.3) is 5.91 Å². The summed E-state index contributed by atoms with van der Waals surface area (Å²) < 4.78 is 0. The first kappa shape index (κ1) is 20.0. The molecular formula is C26H23N3O3. The molecule has 6 heteroatoms. The lowest BCUT2D eigenvalue weighted by Gasteiger charge is -2.32. The van der Waals surface area contributed by atoms with Gasteiger partial charge in [0.15, 0.2) is 5.78 Å². The van der Waals surface area contributed by atoms with Crippen LogP contribution in [0.4, 0.5) is 10.5 Å². The van der Waals surface area contributed by atoms with Crippen molar-refractivity contribution in [1.82, 2.24) is 10.2 Å². The lowest BCUT2D eigenvalue weighted by atomic mass is 10.0. The highest BCUT2D eigenvalue weighted by Gasteiger charge is 2.28. The molecule has 0 bridgehead atoms. The highest BCUT2D eigenvalue weighted by Crippen LogP contribution is 2.36. The number of piperidine rings is 1. The number of carbonyl (C=O) groups excluding carboxylic acids is 3. The summed E-state index contributed by atoms with van der Waals surface area (Å²) in [5.41, 5.74) is 4.29. The third-order valence-corrected chi connectivity index (χ3v) is 6.13. The van der Waals surface area contributed by atoms with Crippen molar-refractivity contribution < 1.29 is 14.4 Å². The molecule has 0 aromatic heterocycles. The van der Waals surface area contributed by atoms with Gasteiger partial charge in [0.1, 0.15) is 0 Å². The van der Waals surface area contributed by atoms with Crippen molar-refractivity contribution >= 4 is 23.4 Å². The van der Waals surface area contributed by atoms with Gasteiger partial charge in [0.05, 0.1) is 0 Å². The number of ketones is 1. The molecule has 0 saturated carbocycles. The number of benzene rings is 3. The Balaban J connectivity index is 1.19. The Bertz CT molecular complexity index is 1200. The number of fused-ring (bicyclic) bond motifs is 3. The number of hydrogen-bond acceptors (Lipinski definition) is 3. The molecular weight excluding hydrogens is 402 g/mol. The van der Waals surface area contributed by atoms with Gasteiger partial charge in [-0.05, 0) is 48.2 Å². The van der Waals surface area contributed by atoms with Crippen molar-refractivity contribution in [3.63, 3.8) is 0 Å². The van der Waals surface area contributed by atoms with Gasteiger partial charge in [-0.1, -0.05) is 48.5 Å². The molecule has 1 fully saturated rings. The maximum Gasteiger partial charge on any atom is 0.321 e. The normalized spacial score (nSPS) is 15.1. The Morgan fingerprint density at radius 3 is 2.19 bits per heavy atom. The number of amides is 3. The van der Waals surface area contributed by atoms with E-state index in [0.29, 0.717) is 42.6 Å². The second-order valence-corrected chi connectivity index (χ2v) is 8.17. The molecule has 2 N–H and O–H groups in total. The Hall–Kier alpha value is -3.93. The minimum Gasteiger partial charge on any atom is -0.349 e. The van der Waals surface area contributed by atoms with E-state index >= 15 is 0 Å². The van der Waals surface area contributed by atoms with Gasteiger partial charge in [-0.3, -0.25) is 9.59 Å². The first-order chi connectivity index (χ1) is 15.6. The molecule has 3 aromatic carbocycles. The zero-order valence-corrected chi connectivity index (χ0v) is 17.5. The third-order valence-electron chi connectivity index (χ3n) is 6.13. The van der Waals surface area contributed by atoms with Crippen LogP contribution in [-0.2, 0) is 0 Å². The number of carbonyl (C=O) groups is 3. The molecule has 0 radical (unpaired) electrons. The Morgan fingerprint density at radius 1 is 0.781 bits per heavy atom. The molecule has 0 unspecified atom stereocenters. The largest absolute Gasteiger partial charge is 0.349 e. The predicted octanol–water partition coefficient (Wildman–Crippen LogP) is 4.32. The monoisotopic (exact) mass is 425 g/mol. The molecule has 0 atom stereocenters. The van der Waals surface area contributed by atoms with Crippen LogP contribution in [-0.4, -0.2) is 41.8 Å². The fraction of sp³-hybridized carbons (Fsp3) is 0.192. The van der Waals surface area contributed by atoms with E-state index in [1.54, 1.807) is 17.0 Å². The minimum atomic E-state index is -0.191. The molecule has 3 amide bonds. The van der Waals surface area contributed by atoms with Crippen LogP contribution in [0.15, 0.2) is 72.8 Å². The van der Waals surface area contributed by atoms with Crippen LogP contribution in [0.25, 0.3) is 11.1 Å². The molecule has 32 heavy (non-hydrogen) atoms. The van der Waals surface area contributed by atoms with Gasteiger partial charge >= 0.3 is 6.03 Å². The number of nitrogens with one attached hydrogen (secondary N) is 2. The van der Waals surface area contributed by atoms with Crippen molar-refractivity contribution in [3.05, 3.63) is 89.5 Å². The van der Waals surface area contributed by atoms with Gasteiger partial charge in [0, 0.05) is 41.5 Å². The summed E-state index contributed by atoms with van der Waals surface area (Å²) in [6.45, 7) is 1.14. The van der Waals surface area contributed by atoms with Crippen LogP contribution < -0.4 is 10.6 Å². The van der Waals surface area contributed by atoms with Crippen molar-refractivity contribution in [1.29, 1.82) is 0 Å². The average molecular weight is 425 g/mol. The van der Waals surface area contributed by atoms with Crippen molar-refractivity contribution in [3.8, 4) is 11.1 Å².